The molecule has 1 unspecified atom stereocenters. The molecule has 0 aromatic heterocycles. The minimum Gasteiger partial charge on any atom is -0.392 e. The Bertz CT molecular complexity index is 526. The molecule has 0 saturated carbocycles. The van der Waals surface area contributed by atoms with E-state index in [0.29, 0.717) is 25.0 Å². The molecule has 0 bridgehead atoms. The van der Waals surface area contributed by atoms with Gasteiger partial charge >= 0.3 is 6.18 Å². The van der Waals surface area contributed by atoms with E-state index in [1.54, 1.807) is 0 Å². The fourth-order valence-electron chi connectivity index (χ4n) is 1.55. The van der Waals surface area contributed by atoms with Crippen molar-refractivity contribution in [3.63, 3.8) is 0 Å². The van der Waals surface area contributed by atoms with Gasteiger partial charge in [-0.2, -0.15) is 13.2 Å². The highest BCUT2D eigenvalue weighted by atomic mass is 32.2. The fourth-order valence-corrected chi connectivity index (χ4v) is 2.62. The summed E-state index contributed by atoms with van der Waals surface area (Å²) in [6, 6.07) is 3.18. The van der Waals surface area contributed by atoms with Crippen LogP contribution in [0.4, 0.5) is 13.2 Å². The highest BCUT2D eigenvalue weighted by Crippen LogP contribution is 2.29. The topological polar surface area (TPSA) is 66.4 Å². The molecule has 0 heterocycles. The summed E-state index contributed by atoms with van der Waals surface area (Å²) < 4.78 is 62.8. The largest absolute Gasteiger partial charge is 0.416 e. The molecule has 1 rings (SSSR count). The number of nitrogens with one attached hydrogen (secondary N) is 1. The molecule has 114 valence electrons. The van der Waals surface area contributed by atoms with Crippen LogP contribution in [0, 0.1) is 0 Å². The van der Waals surface area contributed by atoms with Crippen molar-refractivity contribution in [3.8, 4) is 0 Å². The highest BCUT2D eigenvalue weighted by molar-refractivity contribution is 7.89. The van der Waals surface area contributed by atoms with E-state index in [2.05, 4.69) is 4.72 Å². The summed E-state index contributed by atoms with van der Waals surface area (Å²) in [7, 11) is -3.91. The van der Waals surface area contributed by atoms with E-state index in [1.807, 2.05) is 6.92 Å². The van der Waals surface area contributed by atoms with Crippen molar-refractivity contribution in [1.29, 1.82) is 0 Å². The lowest BCUT2D eigenvalue weighted by Gasteiger charge is -2.12. The summed E-state index contributed by atoms with van der Waals surface area (Å²) in [6.07, 6.45) is -4.18. The first kappa shape index (κ1) is 16.9. The first-order valence-corrected chi connectivity index (χ1v) is 7.50. The highest BCUT2D eigenvalue weighted by Gasteiger charge is 2.30. The zero-order valence-corrected chi connectivity index (χ0v) is 11.6. The van der Waals surface area contributed by atoms with Gasteiger partial charge in [0.2, 0.25) is 10.0 Å². The first-order valence-electron chi connectivity index (χ1n) is 6.02. The number of sulfonamides is 1. The van der Waals surface area contributed by atoms with Gasteiger partial charge in [0.05, 0.1) is 16.6 Å². The summed E-state index contributed by atoms with van der Waals surface area (Å²) in [4.78, 5) is -0.269. The SMILES string of the molecule is CCCC(O)CNS(=O)(=O)c1ccc(C(F)(F)F)cc1. The Labute approximate surface area is 115 Å². The van der Waals surface area contributed by atoms with Crippen molar-refractivity contribution in [2.75, 3.05) is 6.54 Å². The van der Waals surface area contributed by atoms with E-state index in [-0.39, 0.29) is 11.4 Å². The van der Waals surface area contributed by atoms with Gasteiger partial charge in [-0.3, -0.25) is 0 Å². The predicted molar refractivity (Wildman–Crippen MR) is 67.5 cm³/mol. The first-order chi connectivity index (χ1) is 9.16. The summed E-state index contributed by atoms with van der Waals surface area (Å²) in [5, 5.41) is 9.43. The Morgan fingerprint density at radius 1 is 1.25 bits per heavy atom. The third-order valence-electron chi connectivity index (χ3n) is 2.62. The summed E-state index contributed by atoms with van der Waals surface area (Å²) >= 11 is 0. The number of alkyl halides is 3. The molecular formula is C12H16F3NO3S. The molecule has 1 atom stereocenters. The fraction of sp³-hybridized carbons (Fsp3) is 0.500. The molecule has 0 fully saturated rings. The molecule has 8 heteroatoms. The normalized spacial score (nSPS) is 14.2. The molecule has 0 aliphatic rings. The minimum atomic E-state index is -4.51. The summed E-state index contributed by atoms with van der Waals surface area (Å²) in [6.45, 7) is 1.67. The van der Waals surface area contributed by atoms with Crippen LogP contribution in [0.15, 0.2) is 29.2 Å². The molecular weight excluding hydrogens is 295 g/mol. The van der Waals surface area contributed by atoms with Crippen LogP contribution in [0.2, 0.25) is 0 Å². The lowest BCUT2D eigenvalue weighted by molar-refractivity contribution is -0.137. The Hall–Kier alpha value is -1.12. The van der Waals surface area contributed by atoms with Crippen molar-refractivity contribution in [1.82, 2.24) is 4.72 Å². The maximum atomic E-state index is 12.4. The van der Waals surface area contributed by atoms with Crippen LogP contribution in [0.5, 0.6) is 0 Å². The van der Waals surface area contributed by atoms with Gasteiger partial charge in [0.15, 0.2) is 0 Å². The zero-order chi connectivity index (χ0) is 15.4. The second-order valence-electron chi connectivity index (χ2n) is 4.32. The number of halogens is 3. The maximum absolute atomic E-state index is 12.4. The van der Waals surface area contributed by atoms with Crippen molar-refractivity contribution < 1.29 is 26.7 Å². The van der Waals surface area contributed by atoms with Gasteiger partial charge in [0, 0.05) is 6.54 Å². The van der Waals surface area contributed by atoms with E-state index in [1.165, 1.54) is 0 Å². The molecule has 1 aromatic carbocycles. The third kappa shape index (κ3) is 4.77. The van der Waals surface area contributed by atoms with Gasteiger partial charge in [-0.05, 0) is 30.7 Å². The van der Waals surface area contributed by atoms with Crippen LogP contribution < -0.4 is 4.72 Å². The molecule has 0 saturated heterocycles. The standard InChI is InChI=1S/C12H16F3NO3S/c1-2-3-10(17)8-16-20(18,19)11-6-4-9(5-7-11)12(13,14)15/h4-7,10,16-17H,2-3,8H2,1H3. The van der Waals surface area contributed by atoms with Crippen LogP contribution in [0.3, 0.4) is 0 Å². The lowest BCUT2D eigenvalue weighted by Crippen LogP contribution is -2.32. The number of hydrogen-bond acceptors (Lipinski definition) is 3. The summed E-state index contributed by atoms with van der Waals surface area (Å²) in [5.74, 6) is 0. The monoisotopic (exact) mass is 311 g/mol. The molecule has 0 spiro atoms. The molecule has 4 nitrogen and oxygen atoms in total. The van der Waals surface area contributed by atoms with Gasteiger partial charge in [-0.1, -0.05) is 13.3 Å². The minimum absolute atomic E-state index is 0.169. The quantitative estimate of drug-likeness (QED) is 0.846. The molecule has 0 aliphatic heterocycles. The van der Waals surface area contributed by atoms with Crippen molar-refractivity contribution >= 4 is 10.0 Å². The van der Waals surface area contributed by atoms with Crippen molar-refractivity contribution in [2.45, 2.75) is 36.9 Å². The Kier molecular flexibility index (Phi) is 5.55. The van der Waals surface area contributed by atoms with Crippen LogP contribution in [0.1, 0.15) is 25.3 Å². The second kappa shape index (κ2) is 6.55. The average molecular weight is 311 g/mol. The maximum Gasteiger partial charge on any atom is 0.416 e. The van der Waals surface area contributed by atoms with E-state index >= 15 is 0 Å². The molecule has 20 heavy (non-hydrogen) atoms. The van der Waals surface area contributed by atoms with Crippen molar-refractivity contribution in [3.05, 3.63) is 29.8 Å². The van der Waals surface area contributed by atoms with Gasteiger partial charge in [0.25, 0.3) is 0 Å². The van der Waals surface area contributed by atoms with Crippen LogP contribution in [-0.4, -0.2) is 26.2 Å². The number of aliphatic hydroxyl groups excluding tert-OH is 1. The summed E-state index contributed by atoms with van der Waals surface area (Å²) in [5.41, 5.74) is -0.914. The van der Waals surface area contributed by atoms with E-state index < -0.39 is 27.9 Å². The molecule has 0 aliphatic carbocycles. The molecule has 0 amide bonds. The zero-order valence-electron chi connectivity index (χ0n) is 10.8. The Morgan fingerprint density at radius 2 is 1.80 bits per heavy atom. The predicted octanol–water partition coefficient (Wildman–Crippen LogP) is 2.14. The second-order valence-corrected chi connectivity index (χ2v) is 6.08. The third-order valence-corrected chi connectivity index (χ3v) is 4.06. The van der Waals surface area contributed by atoms with E-state index in [9.17, 15) is 26.7 Å². The smallest absolute Gasteiger partial charge is 0.392 e. The number of hydrogen-bond donors (Lipinski definition) is 2. The molecule has 0 radical (unpaired) electrons. The van der Waals surface area contributed by atoms with Crippen LogP contribution in [-0.2, 0) is 16.2 Å². The van der Waals surface area contributed by atoms with Crippen molar-refractivity contribution in [2.24, 2.45) is 0 Å². The van der Waals surface area contributed by atoms with Gasteiger partial charge in [-0.25, -0.2) is 13.1 Å². The average Bonchev–Trinajstić information content (AvgIpc) is 2.36. The molecule has 1 aromatic rings. The van der Waals surface area contributed by atoms with E-state index in [4.69, 9.17) is 0 Å². The lowest BCUT2D eigenvalue weighted by atomic mass is 10.2. The molecule has 2 N–H and O–H groups in total. The Morgan fingerprint density at radius 3 is 2.25 bits per heavy atom. The van der Waals surface area contributed by atoms with Crippen LogP contribution in [0.25, 0.3) is 0 Å². The number of rotatable bonds is 6. The van der Waals surface area contributed by atoms with Crippen LogP contribution >= 0.6 is 0 Å². The number of aliphatic hydroxyl groups is 1. The van der Waals surface area contributed by atoms with Gasteiger partial charge in [0.1, 0.15) is 0 Å². The van der Waals surface area contributed by atoms with Gasteiger partial charge in [-0.15, -0.1) is 0 Å². The van der Waals surface area contributed by atoms with Gasteiger partial charge < -0.3 is 5.11 Å². The Balaban J connectivity index is 2.78. The number of benzene rings is 1. The van der Waals surface area contributed by atoms with E-state index in [0.717, 1.165) is 12.1 Å².